The average Bonchev–Trinajstić information content (AvgIpc) is 3.84. The molecular formula is C33H28O2. The van der Waals surface area contributed by atoms with Crippen LogP contribution in [0.15, 0.2) is 127 Å². The molecular weight excluding hydrogens is 428 g/mol. The van der Waals surface area contributed by atoms with Crippen molar-refractivity contribution in [2.45, 2.75) is 24.7 Å². The zero-order chi connectivity index (χ0) is 23.9. The zero-order valence-electron chi connectivity index (χ0n) is 19.6. The molecule has 6 rings (SSSR count). The van der Waals surface area contributed by atoms with Gasteiger partial charge in [0, 0.05) is 5.41 Å². The molecule has 4 aromatic rings. The second kappa shape index (κ2) is 8.39. The third kappa shape index (κ3) is 3.36. The highest BCUT2D eigenvalue weighted by Gasteiger charge is 2.71. The second-order valence-corrected chi connectivity index (χ2v) is 9.83. The van der Waals surface area contributed by atoms with Crippen LogP contribution >= 0.6 is 0 Å². The minimum absolute atomic E-state index is 0.231. The molecule has 2 saturated carbocycles. The van der Waals surface area contributed by atoms with Crippen LogP contribution in [0.5, 0.6) is 0 Å². The Morgan fingerprint density at radius 1 is 0.657 bits per heavy atom. The van der Waals surface area contributed by atoms with E-state index >= 15 is 0 Å². The summed E-state index contributed by atoms with van der Waals surface area (Å²) in [5.74, 6) is -0.519. The van der Waals surface area contributed by atoms with Crippen molar-refractivity contribution in [3.05, 3.63) is 149 Å². The molecule has 1 atom stereocenters. The molecule has 0 amide bonds. The van der Waals surface area contributed by atoms with Crippen molar-refractivity contribution in [3.8, 4) is 0 Å². The standard InChI is InChI=1S/C33H28O2/c34-31(35)33(26-17-9-3-10-18-26,27-19-11-4-12-20-27)32(21-22-32)29-23-28(29)30(24-13-5-1-6-14-24)25-15-7-2-8-16-25/h1-20,29H,21-23H2,(H,34,35). The topological polar surface area (TPSA) is 37.3 Å². The van der Waals surface area contributed by atoms with Crippen molar-refractivity contribution in [1.29, 1.82) is 0 Å². The Balaban J connectivity index is 1.56. The van der Waals surface area contributed by atoms with Crippen LogP contribution in [-0.4, -0.2) is 11.1 Å². The van der Waals surface area contributed by atoms with Crippen molar-refractivity contribution in [1.82, 2.24) is 0 Å². The van der Waals surface area contributed by atoms with Gasteiger partial charge in [0.2, 0.25) is 0 Å². The highest BCUT2D eigenvalue weighted by Crippen LogP contribution is 2.74. The van der Waals surface area contributed by atoms with E-state index in [0.29, 0.717) is 0 Å². The molecule has 2 aliphatic carbocycles. The Morgan fingerprint density at radius 3 is 1.43 bits per heavy atom. The number of carbonyl (C=O) groups is 1. The van der Waals surface area contributed by atoms with Crippen LogP contribution in [0.4, 0.5) is 0 Å². The van der Waals surface area contributed by atoms with Gasteiger partial charge >= 0.3 is 5.97 Å². The molecule has 1 unspecified atom stereocenters. The van der Waals surface area contributed by atoms with Crippen LogP contribution in [0, 0.1) is 11.3 Å². The molecule has 0 radical (unpaired) electrons. The van der Waals surface area contributed by atoms with Gasteiger partial charge in [-0.15, -0.1) is 0 Å². The van der Waals surface area contributed by atoms with E-state index in [-0.39, 0.29) is 11.3 Å². The summed E-state index contributed by atoms with van der Waals surface area (Å²) in [5, 5.41) is 11.0. The average molecular weight is 457 g/mol. The first kappa shape index (κ1) is 21.6. The molecule has 0 bridgehead atoms. The Kier molecular flexibility index (Phi) is 5.18. The smallest absolute Gasteiger partial charge is 0.319 e. The number of hydrogen-bond donors (Lipinski definition) is 1. The minimum Gasteiger partial charge on any atom is -0.480 e. The first-order valence-electron chi connectivity index (χ1n) is 12.4. The molecule has 2 aliphatic rings. The molecule has 2 heteroatoms. The first-order valence-corrected chi connectivity index (χ1v) is 12.4. The maximum Gasteiger partial charge on any atom is 0.319 e. The van der Waals surface area contributed by atoms with E-state index in [9.17, 15) is 9.90 Å². The predicted octanol–water partition coefficient (Wildman–Crippen LogP) is 7.36. The summed E-state index contributed by atoms with van der Waals surface area (Å²) in [5.41, 5.74) is 5.39. The highest BCUT2D eigenvalue weighted by molar-refractivity contribution is 5.90. The predicted molar refractivity (Wildman–Crippen MR) is 140 cm³/mol. The van der Waals surface area contributed by atoms with E-state index in [2.05, 4.69) is 48.5 Å². The van der Waals surface area contributed by atoms with Gasteiger partial charge in [0.25, 0.3) is 0 Å². The van der Waals surface area contributed by atoms with Crippen molar-refractivity contribution < 1.29 is 9.90 Å². The molecule has 1 N–H and O–H groups in total. The van der Waals surface area contributed by atoms with Gasteiger partial charge in [-0.3, -0.25) is 4.79 Å². The number of carboxylic acids is 1. The van der Waals surface area contributed by atoms with Gasteiger partial charge in [0.15, 0.2) is 0 Å². The number of allylic oxidation sites excluding steroid dienone is 1. The summed E-state index contributed by atoms with van der Waals surface area (Å²) < 4.78 is 0. The lowest BCUT2D eigenvalue weighted by molar-refractivity contribution is -0.145. The fourth-order valence-electron chi connectivity index (χ4n) is 6.41. The summed E-state index contributed by atoms with van der Waals surface area (Å²) >= 11 is 0. The zero-order valence-corrected chi connectivity index (χ0v) is 19.6. The lowest BCUT2D eigenvalue weighted by atomic mass is 9.61. The molecule has 0 heterocycles. The fraction of sp³-hybridized carbons (Fsp3) is 0.182. The van der Waals surface area contributed by atoms with E-state index in [0.717, 1.165) is 30.4 Å². The number of hydrogen-bond acceptors (Lipinski definition) is 1. The molecule has 2 nitrogen and oxygen atoms in total. The summed E-state index contributed by atoms with van der Waals surface area (Å²) in [6.45, 7) is 0. The molecule has 0 saturated heterocycles. The lowest BCUT2D eigenvalue weighted by Gasteiger charge is -2.39. The van der Waals surface area contributed by atoms with E-state index in [1.54, 1.807) is 0 Å². The third-order valence-corrected chi connectivity index (χ3v) is 8.07. The fourth-order valence-corrected chi connectivity index (χ4v) is 6.41. The number of rotatable bonds is 7. The Morgan fingerprint density at radius 2 is 1.06 bits per heavy atom. The second-order valence-electron chi connectivity index (χ2n) is 9.83. The number of aliphatic carboxylic acids is 1. The van der Waals surface area contributed by atoms with Crippen molar-refractivity contribution in [3.63, 3.8) is 0 Å². The lowest BCUT2D eigenvalue weighted by Crippen LogP contribution is -2.47. The minimum atomic E-state index is -1.08. The monoisotopic (exact) mass is 456 g/mol. The van der Waals surface area contributed by atoms with Crippen molar-refractivity contribution in [2.75, 3.05) is 0 Å². The number of benzene rings is 4. The van der Waals surface area contributed by atoms with Crippen LogP contribution in [0.25, 0.3) is 5.57 Å². The Hall–Kier alpha value is -3.91. The van der Waals surface area contributed by atoms with Gasteiger partial charge in [-0.2, -0.15) is 0 Å². The summed E-state index contributed by atoms with van der Waals surface area (Å²) in [6.07, 6.45) is 2.76. The van der Waals surface area contributed by atoms with E-state index in [1.165, 1.54) is 22.3 Å². The van der Waals surface area contributed by atoms with Crippen molar-refractivity contribution >= 4 is 11.5 Å². The van der Waals surface area contributed by atoms with Crippen molar-refractivity contribution in [2.24, 2.45) is 11.3 Å². The summed E-state index contributed by atoms with van der Waals surface area (Å²) in [6, 6.07) is 40.9. The Labute approximate surface area is 206 Å². The maximum absolute atomic E-state index is 13.4. The summed E-state index contributed by atoms with van der Waals surface area (Å²) in [4.78, 5) is 13.4. The van der Waals surface area contributed by atoms with Crippen LogP contribution in [0.3, 0.4) is 0 Å². The van der Waals surface area contributed by atoms with Crippen LogP contribution < -0.4 is 0 Å². The molecule has 0 aromatic heterocycles. The molecule has 35 heavy (non-hydrogen) atoms. The molecule has 4 aromatic carbocycles. The van der Waals surface area contributed by atoms with Gasteiger partial charge in [-0.05, 0) is 53.0 Å². The normalized spacial score (nSPS) is 18.1. The maximum atomic E-state index is 13.4. The van der Waals surface area contributed by atoms with E-state index < -0.39 is 11.4 Å². The quantitative estimate of drug-likeness (QED) is 0.315. The van der Waals surface area contributed by atoms with Gasteiger partial charge in [0.1, 0.15) is 5.41 Å². The van der Waals surface area contributed by atoms with Crippen LogP contribution in [-0.2, 0) is 10.2 Å². The summed E-state index contributed by atoms with van der Waals surface area (Å²) in [7, 11) is 0. The first-order chi connectivity index (χ1) is 17.2. The van der Waals surface area contributed by atoms with Crippen LogP contribution in [0.1, 0.15) is 41.5 Å². The SMILES string of the molecule is O=C(O)C(c1ccccc1)(c1ccccc1)C1(C2CC2=C(c2ccccc2)c2ccccc2)CC1. The van der Waals surface area contributed by atoms with Gasteiger partial charge in [-0.1, -0.05) is 127 Å². The third-order valence-electron chi connectivity index (χ3n) is 8.07. The molecule has 2 fully saturated rings. The van der Waals surface area contributed by atoms with Gasteiger partial charge in [-0.25, -0.2) is 0 Å². The number of carboxylic acid groups (broad SMARTS) is 1. The van der Waals surface area contributed by atoms with E-state index in [4.69, 9.17) is 0 Å². The highest BCUT2D eigenvalue weighted by atomic mass is 16.4. The molecule has 172 valence electrons. The van der Waals surface area contributed by atoms with Gasteiger partial charge in [0.05, 0.1) is 0 Å². The Bertz CT molecular complexity index is 1290. The largest absolute Gasteiger partial charge is 0.480 e. The van der Waals surface area contributed by atoms with Gasteiger partial charge < -0.3 is 5.11 Å². The van der Waals surface area contributed by atoms with Crippen LogP contribution in [0.2, 0.25) is 0 Å². The molecule has 0 aliphatic heterocycles. The molecule has 0 spiro atoms. The van der Waals surface area contributed by atoms with E-state index in [1.807, 2.05) is 72.8 Å².